The van der Waals surface area contributed by atoms with Gasteiger partial charge in [0, 0.05) is 15.7 Å². The Balaban J connectivity index is 1.54. The molecule has 3 rings (SSSR count). The molecule has 0 spiro atoms. The third-order valence-corrected chi connectivity index (χ3v) is 6.72. The molecule has 1 saturated heterocycles. The molecule has 0 aromatic heterocycles. The molecule has 2 N–H and O–H groups in total. The lowest BCUT2D eigenvalue weighted by atomic mass is 10.3. The molecule has 1 aliphatic heterocycles. The van der Waals surface area contributed by atoms with Gasteiger partial charge in [-0.15, -0.1) is 0 Å². The SMILES string of the molecule is O=C(C[NH+]1CCN(S(=O)(=O)c2ccccc2)CC1)Nc1cc(Cl)cc(Cl)c1. The molecule has 1 heterocycles. The van der Waals surface area contributed by atoms with E-state index in [9.17, 15) is 13.2 Å². The van der Waals surface area contributed by atoms with Crippen LogP contribution in [0.5, 0.6) is 0 Å². The standard InChI is InChI=1S/C18H19Cl2N3O3S/c19-14-10-15(20)12-16(11-14)21-18(24)13-22-6-8-23(9-7-22)27(25,26)17-4-2-1-3-5-17/h1-5,10-12H,6-9,13H2,(H,21,24)/p+1. The Morgan fingerprint density at radius 3 is 2.22 bits per heavy atom. The van der Waals surface area contributed by atoms with Crippen molar-refractivity contribution in [3.63, 3.8) is 0 Å². The summed E-state index contributed by atoms with van der Waals surface area (Å²) in [4.78, 5) is 13.6. The monoisotopic (exact) mass is 428 g/mol. The third kappa shape index (κ3) is 5.21. The van der Waals surface area contributed by atoms with Gasteiger partial charge in [-0.2, -0.15) is 4.31 Å². The molecule has 0 atom stereocenters. The van der Waals surface area contributed by atoms with Gasteiger partial charge in [0.05, 0.1) is 31.1 Å². The van der Waals surface area contributed by atoms with E-state index in [0.29, 0.717) is 46.8 Å². The molecule has 2 aromatic carbocycles. The van der Waals surface area contributed by atoms with Crippen LogP contribution < -0.4 is 10.2 Å². The minimum absolute atomic E-state index is 0.164. The smallest absolute Gasteiger partial charge is 0.279 e. The Morgan fingerprint density at radius 2 is 1.63 bits per heavy atom. The second-order valence-electron chi connectivity index (χ2n) is 6.35. The highest BCUT2D eigenvalue weighted by Crippen LogP contribution is 2.22. The molecule has 0 unspecified atom stereocenters. The number of hydrogen-bond donors (Lipinski definition) is 2. The zero-order valence-electron chi connectivity index (χ0n) is 14.5. The van der Waals surface area contributed by atoms with Crippen molar-refractivity contribution in [3.8, 4) is 0 Å². The van der Waals surface area contributed by atoms with Crippen LogP contribution in [-0.2, 0) is 14.8 Å². The molecule has 0 aliphatic carbocycles. The van der Waals surface area contributed by atoms with Crippen LogP contribution in [-0.4, -0.2) is 51.4 Å². The number of halogens is 2. The zero-order chi connectivity index (χ0) is 19.4. The molecular weight excluding hydrogens is 409 g/mol. The minimum Gasteiger partial charge on any atom is -0.325 e. The second-order valence-corrected chi connectivity index (χ2v) is 9.16. The van der Waals surface area contributed by atoms with Crippen molar-refractivity contribution >= 4 is 44.8 Å². The van der Waals surface area contributed by atoms with E-state index in [1.165, 1.54) is 4.31 Å². The van der Waals surface area contributed by atoms with Gasteiger partial charge in [0.25, 0.3) is 5.91 Å². The lowest BCUT2D eigenvalue weighted by Crippen LogP contribution is -3.15. The number of hydrogen-bond acceptors (Lipinski definition) is 3. The van der Waals surface area contributed by atoms with Crippen LogP contribution >= 0.6 is 23.2 Å². The normalized spacial score (nSPS) is 16.2. The molecule has 1 aliphatic rings. The number of amides is 1. The fraction of sp³-hybridized carbons (Fsp3) is 0.278. The van der Waals surface area contributed by atoms with Gasteiger partial charge < -0.3 is 10.2 Å². The summed E-state index contributed by atoms with van der Waals surface area (Å²) in [6.45, 7) is 2.14. The first kappa shape index (κ1) is 20.1. The number of carbonyl (C=O) groups is 1. The maximum absolute atomic E-state index is 12.6. The van der Waals surface area contributed by atoms with Crippen LogP contribution in [0.3, 0.4) is 0 Å². The van der Waals surface area contributed by atoms with Gasteiger partial charge in [-0.05, 0) is 30.3 Å². The van der Waals surface area contributed by atoms with Gasteiger partial charge in [-0.3, -0.25) is 4.79 Å². The fourth-order valence-electron chi connectivity index (χ4n) is 3.02. The van der Waals surface area contributed by atoms with Crippen molar-refractivity contribution in [1.29, 1.82) is 0 Å². The topological polar surface area (TPSA) is 70.9 Å². The summed E-state index contributed by atoms with van der Waals surface area (Å²) in [5.74, 6) is -0.164. The van der Waals surface area contributed by atoms with E-state index in [0.717, 1.165) is 4.90 Å². The van der Waals surface area contributed by atoms with E-state index >= 15 is 0 Å². The van der Waals surface area contributed by atoms with Crippen molar-refractivity contribution < 1.29 is 18.1 Å². The Hall–Kier alpha value is -1.64. The summed E-state index contributed by atoms with van der Waals surface area (Å²) in [5, 5.41) is 3.68. The molecular formula is C18H20Cl2N3O3S+. The van der Waals surface area contributed by atoms with Gasteiger partial charge in [0.1, 0.15) is 0 Å². The summed E-state index contributed by atoms with van der Waals surface area (Å²) in [6, 6.07) is 13.2. The number of sulfonamides is 1. The number of anilines is 1. The molecule has 1 fully saturated rings. The maximum Gasteiger partial charge on any atom is 0.279 e. The van der Waals surface area contributed by atoms with Crippen LogP contribution in [0.4, 0.5) is 5.69 Å². The molecule has 0 radical (unpaired) electrons. The highest BCUT2D eigenvalue weighted by Gasteiger charge is 2.30. The Bertz CT molecular complexity index is 894. The van der Waals surface area contributed by atoms with Gasteiger partial charge in [-0.1, -0.05) is 41.4 Å². The van der Waals surface area contributed by atoms with E-state index in [1.54, 1.807) is 48.5 Å². The van der Waals surface area contributed by atoms with E-state index < -0.39 is 10.0 Å². The summed E-state index contributed by atoms with van der Waals surface area (Å²) in [6.07, 6.45) is 0. The molecule has 2 aromatic rings. The number of nitrogens with one attached hydrogen (secondary N) is 2. The van der Waals surface area contributed by atoms with Gasteiger partial charge in [0.15, 0.2) is 6.54 Å². The number of benzene rings is 2. The van der Waals surface area contributed by atoms with E-state index in [2.05, 4.69) is 5.32 Å². The number of rotatable bonds is 5. The first-order chi connectivity index (χ1) is 12.8. The predicted molar refractivity (Wildman–Crippen MR) is 106 cm³/mol. The summed E-state index contributed by atoms with van der Waals surface area (Å²) in [7, 11) is -3.48. The molecule has 144 valence electrons. The van der Waals surface area contributed by atoms with Crippen LogP contribution in [0.15, 0.2) is 53.4 Å². The molecule has 1 amide bonds. The quantitative estimate of drug-likeness (QED) is 0.758. The van der Waals surface area contributed by atoms with Crippen LogP contribution in [0.25, 0.3) is 0 Å². The Kier molecular flexibility index (Phi) is 6.39. The van der Waals surface area contributed by atoms with Crippen LogP contribution in [0, 0.1) is 0 Å². The van der Waals surface area contributed by atoms with E-state index in [-0.39, 0.29) is 12.5 Å². The van der Waals surface area contributed by atoms with Crippen molar-refractivity contribution in [2.24, 2.45) is 0 Å². The lowest BCUT2D eigenvalue weighted by Gasteiger charge is -2.31. The van der Waals surface area contributed by atoms with Gasteiger partial charge in [-0.25, -0.2) is 8.42 Å². The molecule has 0 bridgehead atoms. The molecule has 0 saturated carbocycles. The average molecular weight is 429 g/mol. The molecule has 6 nitrogen and oxygen atoms in total. The third-order valence-electron chi connectivity index (χ3n) is 4.37. The van der Waals surface area contributed by atoms with E-state index in [1.807, 2.05) is 0 Å². The first-order valence-corrected chi connectivity index (χ1v) is 10.7. The maximum atomic E-state index is 12.6. The highest BCUT2D eigenvalue weighted by molar-refractivity contribution is 7.89. The Labute approximate surface area is 168 Å². The highest BCUT2D eigenvalue weighted by atomic mass is 35.5. The van der Waals surface area contributed by atoms with Crippen LogP contribution in [0.1, 0.15) is 0 Å². The first-order valence-electron chi connectivity index (χ1n) is 8.49. The van der Waals surface area contributed by atoms with Crippen molar-refractivity contribution in [1.82, 2.24) is 4.31 Å². The second kappa shape index (κ2) is 8.58. The predicted octanol–water partition coefficient (Wildman–Crippen LogP) is 1.52. The van der Waals surface area contributed by atoms with E-state index in [4.69, 9.17) is 23.2 Å². The largest absolute Gasteiger partial charge is 0.325 e. The van der Waals surface area contributed by atoms with Crippen molar-refractivity contribution in [3.05, 3.63) is 58.6 Å². The lowest BCUT2D eigenvalue weighted by molar-refractivity contribution is -0.895. The van der Waals surface area contributed by atoms with Crippen molar-refractivity contribution in [2.45, 2.75) is 4.90 Å². The number of piperazine rings is 1. The summed E-state index contributed by atoms with van der Waals surface area (Å²) in [5.41, 5.74) is 0.544. The van der Waals surface area contributed by atoms with Gasteiger partial charge in [0.2, 0.25) is 10.0 Å². The fourth-order valence-corrected chi connectivity index (χ4v) is 5.01. The molecule has 9 heteroatoms. The summed E-state index contributed by atoms with van der Waals surface area (Å²) >= 11 is 11.9. The minimum atomic E-state index is -3.48. The Morgan fingerprint density at radius 1 is 1.04 bits per heavy atom. The summed E-state index contributed by atoms with van der Waals surface area (Å²) < 4.78 is 26.7. The zero-order valence-corrected chi connectivity index (χ0v) is 16.8. The number of quaternary nitrogens is 1. The average Bonchev–Trinajstić information content (AvgIpc) is 2.62. The number of carbonyl (C=O) groups excluding carboxylic acids is 1. The van der Waals surface area contributed by atoms with Gasteiger partial charge >= 0.3 is 0 Å². The number of nitrogens with zero attached hydrogens (tertiary/aromatic N) is 1. The van der Waals surface area contributed by atoms with Crippen molar-refractivity contribution in [2.75, 3.05) is 38.0 Å². The molecule has 27 heavy (non-hydrogen) atoms. The van der Waals surface area contributed by atoms with Crippen LogP contribution in [0.2, 0.25) is 10.0 Å².